The fourth-order valence-corrected chi connectivity index (χ4v) is 3.27. The van der Waals surface area contributed by atoms with Crippen molar-refractivity contribution in [3.63, 3.8) is 0 Å². The fraction of sp³-hybridized carbons (Fsp3) is 0.286. The standard InChI is InChI=1S/C18H22N2O2.C10H12NO/c19-18(22)17(10-9-14-5-2-1-3-6-14)20-12-11-15-7-4-8-16(21)13-15;1-2-10(12)11-8-9-6-4-3-5-7-9/h1-8,13,17,20-21H,9-12H2,(H2,19,22);4-7H,2,8H2,1H3,(H,11,12)/t17-;/m1./s1. The molecule has 0 unspecified atom stereocenters. The number of nitrogens with two attached hydrogens (primary N) is 1. The van der Waals surface area contributed by atoms with E-state index in [9.17, 15) is 14.7 Å². The van der Waals surface area contributed by atoms with Gasteiger partial charge >= 0.3 is 0 Å². The minimum atomic E-state index is -0.336. The molecule has 1 atom stereocenters. The Bertz CT molecular complexity index is 994. The number of hydrogen-bond acceptors (Lipinski definition) is 4. The molecule has 179 valence electrons. The van der Waals surface area contributed by atoms with E-state index in [-0.39, 0.29) is 23.6 Å². The van der Waals surface area contributed by atoms with Crippen LogP contribution in [0.25, 0.3) is 0 Å². The Morgan fingerprint density at radius 2 is 1.65 bits per heavy atom. The minimum Gasteiger partial charge on any atom is -0.508 e. The Labute approximate surface area is 202 Å². The van der Waals surface area contributed by atoms with E-state index in [2.05, 4.69) is 16.7 Å². The Morgan fingerprint density at radius 3 is 2.29 bits per heavy atom. The maximum Gasteiger partial charge on any atom is 0.234 e. The zero-order valence-corrected chi connectivity index (χ0v) is 19.7. The normalized spacial score (nSPS) is 11.1. The summed E-state index contributed by atoms with van der Waals surface area (Å²) in [6, 6.07) is 27.3. The first-order valence-corrected chi connectivity index (χ1v) is 11.5. The molecule has 6 nitrogen and oxygen atoms in total. The number of phenols is 1. The molecule has 0 aliphatic rings. The highest BCUT2D eigenvalue weighted by Gasteiger charge is 2.14. The lowest BCUT2D eigenvalue weighted by molar-refractivity contribution is -0.121. The van der Waals surface area contributed by atoms with Crippen molar-refractivity contribution in [3.8, 4) is 5.75 Å². The van der Waals surface area contributed by atoms with Crippen LogP contribution in [0.15, 0.2) is 78.9 Å². The van der Waals surface area contributed by atoms with Gasteiger partial charge in [-0.15, -0.1) is 0 Å². The second kappa shape index (κ2) is 15.2. The molecular formula is C28H34N3O3. The Balaban J connectivity index is 0.000000287. The fourth-order valence-electron chi connectivity index (χ4n) is 3.27. The number of amides is 2. The zero-order valence-electron chi connectivity index (χ0n) is 19.7. The Morgan fingerprint density at radius 1 is 0.941 bits per heavy atom. The lowest BCUT2D eigenvalue weighted by atomic mass is 10.0. The van der Waals surface area contributed by atoms with Gasteiger partial charge in [0, 0.05) is 13.0 Å². The minimum absolute atomic E-state index is 0.0860. The molecule has 0 bridgehead atoms. The van der Waals surface area contributed by atoms with E-state index >= 15 is 0 Å². The van der Waals surface area contributed by atoms with Crippen molar-refractivity contribution in [2.75, 3.05) is 6.54 Å². The predicted octanol–water partition coefficient (Wildman–Crippen LogP) is 3.52. The summed E-state index contributed by atoms with van der Waals surface area (Å²) in [6.45, 7) is 3.10. The number of carbonyl (C=O) groups excluding carboxylic acids is 2. The molecule has 0 fully saturated rings. The van der Waals surface area contributed by atoms with Crippen molar-refractivity contribution < 1.29 is 14.7 Å². The van der Waals surface area contributed by atoms with E-state index in [0.717, 1.165) is 24.0 Å². The van der Waals surface area contributed by atoms with Crippen LogP contribution in [0.5, 0.6) is 5.75 Å². The number of hydrogen-bond donors (Lipinski definition) is 4. The van der Waals surface area contributed by atoms with Crippen LogP contribution in [0.4, 0.5) is 0 Å². The Hall–Kier alpha value is -3.64. The van der Waals surface area contributed by atoms with Crippen LogP contribution in [-0.2, 0) is 29.0 Å². The van der Waals surface area contributed by atoms with Crippen LogP contribution in [0.2, 0.25) is 0 Å². The van der Waals surface area contributed by atoms with E-state index < -0.39 is 0 Å². The number of primary amides is 1. The maximum atomic E-state index is 11.5. The van der Waals surface area contributed by atoms with Crippen LogP contribution < -0.4 is 16.4 Å². The molecule has 0 heterocycles. The van der Waals surface area contributed by atoms with Crippen LogP contribution >= 0.6 is 0 Å². The average Bonchev–Trinajstić information content (AvgIpc) is 2.86. The van der Waals surface area contributed by atoms with Gasteiger partial charge in [0.05, 0.1) is 6.04 Å². The zero-order chi connectivity index (χ0) is 24.6. The SMILES string of the molecule is CCC(=O)NCc1cc[c]cc1.NC(=O)[C@@H](CCc1ccccc1)NCCc1cccc(O)c1. The van der Waals surface area contributed by atoms with Crippen molar-refractivity contribution in [1.29, 1.82) is 0 Å². The topological polar surface area (TPSA) is 104 Å². The molecule has 0 spiro atoms. The molecular weight excluding hydrogens is 426 g/mol. The molecule has 5 N–H and O–H groups in total. The van der Waals surface area contributed by atoms with E-state index in [1.165, 1.54) is 5.56 Å². The van der Waals surface area contributed by atoms with Gasteiger partial charge in [-0.2, -0.15) is 0 Å². The van der Waals surface area contributed by atoms with Gasteiger partial charge in [0.25, 0.3) is 0 Å². The lowest BCUT2D eigenvalue weighted by Crippen LogP contribution is -2.42. The van der Waals surface area contributed by atoms with E-state index in [0.29, 0.717) is 25.9 Å². The largest absolute Gasteiger partial charge is 0.508 e. The third-order valence-corrected chi connectivity index (χ3v) is 5.22. The first-order chi connectivity index (χ1) is 16.5. The van der Waals surface area contributed by atoms with Crippen molar-refractivity contribution >= 4 is 11.8 Å². The summed E-state index contributed by atoms with van der Waals surface area (Å²) < 4.78 is 0. The lowest BCUT2D eigenvalue weighted by Gasteiger charge is -2.15. The summed E-state index contributed by atoms with van der Waals surface area (Å²) in [5.41, 5.74) is 8.79. The number of benzene rings is 3. The smallest absolute Gasteiger partial charge is 0.234 e. The van der Waals surface area contributed by atoms with Gasteiger partial charge in [-0.25, -0.2) is 0 Å². The highest BCUT2D eigenvalue weighted by molar-refractivity contribution is 5.79. The van der Waals surface area contributed by atoms with Gasteiger partial charge in [-0.3, -0.25) is 9.59 Å². The van der Waals surface area contributed by atoms with Gasteiger partial charge in [-0.1, -0.05) is 73.7 Å². The summed E-state index contributed by atoms with van der Waals surface area (Å²) in [6.07, 6.45) is 2.77. The molecule has 2 amide bonds. The van der Waals surface area contributed by atoms with Crippen molar-refractivity contribution in [2.45, 2.75) is 45.2 Å². The van der Waals surface area contributed by atoms with Crippen LogP contribution in [0, 0.1) is 6.07 Å². The van der Waals surface area contributed by atoms with Gasteiger partial charge in [0.2, 0.25) is 11.8 Å². The van der Waals surface area contributed by atoms with Crippen LogP contribution in [0.3, 0.4) is 0 Å². The molecule has 6 heteroatoms. The number of nitrogens with one attached hydrogen (secondary N) is 2. The summed E-state index contributed by atoms with van der Waals surface area (Å²) in [7, 11) is 0. The molecule has 0 saturated carbocycles. The number of aromatic hydroxyl groups is 1. The third kappa shape index (κ3) is 10.8. The molecule has 0 aliphatic heterocycles. The van der Waals surface area contributed by atoms with Crippen molar-refractivity contribution in [3.05, 3.63) is 102 Å². The Kier molecular flexibility index (Phi) is 11.9. The van der Waals surface area contributed by atoms with E-state index in [1.807, 2.05) is 73.7 Å². The third-order valence-electron chi connectivity index (χ3n) is 5.22. The van der Waals surface area contributed by atoms with Crippen LogP contribution in [-0.4, -0.2) is 29.5 Å². The molecule has 3 aromatic rings. The van der Waals surface area contributed by atoms with E-state index in [1.54, 1.807) is 12.1 Å². The molecule has 34 heavy (non-hydrogen) atoms. The summed E-state index contributed by atoms with van der Waals surface area (Å²) in [4.78, 5) is 22.4. The number of phenolic OH excluding ortho intramolecular Hbond substituents is 1. The molecule has 3 rings (SSSR count). The van der Waals surface area contributed by atoms with E-state index in [4.69, 9.17) is 5.73 Å². The summed E-state index contributed by atoms with van der Waals surface area (Å²) >= 11 is 0. The maximum absolute atomic E-state index is 11.5. The summed E-state index contributed by atoms with van der Waals surface area (Å²) in [5.74, 6) is 0.0164. The first kappa shape index (κ1) is 26.6. The number of rotatable bonds is 11. The second-order valence-corrected chi connectivity index (χ2v) is 7.89. The van der Waals surface area contributed by atoms with Gasteiger partial charge in [-0.05, 0) is 60.7 Å². The molecule has 1 radical (unpaired) electrons. The van der Waals surface area contributed by atoms with Gasteiger partial charge in [0.15, 0.2) is 0 Å². The average molecular weight is 461 g/mol. The molecule has 0 saturated heterocycles. The monoisotopic (exact) mass is 460 g/mol. The van der Waals surface area contributed by atoms with Gasteiger partial charge in [0.1, 0.15) is 5.75 Å². The molecule has 0 aromatic heterocycles. The molecule has 3 aromatic carbocycles. The highest BCUT2D eigenvalue weighted by Crippen LogP contribution is 2.11. The number of carbonyl (C=O) groups is 2. The van der Waals surface area contributed by atoms with Crippen molar-refractivity contribution in [2.24, 2.45) is 5.73 Å². The predicted molar refractivity (Wildman–Crippen MR) is 135 cm³/mol. The molecule has 0 aliphatic carbocycles. The first-order valence-electron chi connectivity index (χ1n) is 11.5. The van der Waals surface area contributed by atoms with Gasteiger partial charge < -0.3 is 21.5 Å². The quantitative estimate of drug-likeness (QED) is 0.351. The van der Waals surface area contributed by atoms with Crippen molar-refractivity contribution in [1.82, 2.24) is 10.6 Å². The second-order valence-electron chi connectivity index (χ2n) is 7.89. The number of aryl methyl sites for hydroxylation is 1. The highest BCUT2D eigenvalue weighted by atomic mass is 16.3. The van der Waals surface area contributed by atoms with Crippen LogP contribution in [0.1, 0.15) is 36.5 Å². The summed E-state index contributed by atoms with van der Waals surface area (Å²) in [5, 5.41) is 15.4.